The van der Waals surface area contributed by atoms with Gasteiger partial charge in [0.05, 0.1) is 13.2 Å². The lowest BCUT2D eigenvalue weighted by atomic mass is 10.1. The number of carbonyl (C=O) groups excluding carboxylic acids is 2. The molecule has 0 fully saturated rings. The molecule has 0 rings (SSSR count). The summed E-state index contributed by atoms with van der Waals surface area (Å²) in [5.41, 5.74) is 0. The zero-order chi connectivity index (χ0) is 13.1. The predicted molar refractivity (Wildman–Crippen MR) is 65.5 cm³/mol. The minimum absolute atomic E-state index is 0.225. The lowest BCUT2D eigenvalue weighted by molar-refractivity contribution is -0.146. The average molecular weight is 244 g/mol. The van der Waals surface area contributed by atoms with Crippen molar-refractivity contribution in [3.05, 3.63) is 0 Å². The van der Waals surface area contributed by atoms with Crippen LogP contribution in [-0.2, 0) is 19.1 Å². The average Bonchev–Trinajstić information content (AvgIpc) is 2.27. The van der Waals surface area contributed by atoms with Crippen LogP contribution >= 0.6 is 0 Å². The molecule has 0 radical (unpaired) electrons. The third-order valence-corrected chi connectivity index (χ3v) is 2.38. The summed E-state index contributed by atoms with van der Waals surface area (Å²) in [5.74, 6) is -0.0640. The monoisotopic (exact) mass is 244 g/mol. The molecule has 0 spiro atoms. The van der Waals surface area contributed by atoms with E-state index < -0.39 is 0 Å². The van der Waals surface area contributed by atoms with E-state index in [9.17, 15) is 9.59 Å². The fraction of sp³-hybridized carbons (Fsp3) is 0.846. The van der Waals surface area contributed by atoms with Gasteiger partial charge in [0.25, 0.3) is 0 Å². The van der Waals surface area contributed by atoms with Crippen molar-refractivity contribution in [2.24, 2.45) is 5.92 Å². The first-order valence-electron chi connectivity index (χ1n) is 6.41. The van der Waals surface area contributed by atoms with Gasteiger partial charge in [-0.1, -0.05) is 20.3 Å². The number of carbonyl (C=O) groups is 2. The Morgan fingerprint density at radius 1 is 1.06 bits per heavy atom. The second-order valence-corrected chi connectivity index (χ2v) is 4.24. The van der Waals surface area contributed by atoms with E-state index in [1.54, 1.807) is 6.92 Å². The van der Waals surface area contributed by atoms with Crippen LogP contribution in [0, 0.1) is 5.92 Å². The molecule has 4 nitrogen and oxygen atoms in total. The molecule has 0 bridgehead atoms. The molecule has 0 aromatic heterocycles. The highest BCUT2D eigenvalue weighted by atomic mass is 16.5. The van der Waals surface area contributed by atoms with Crippen molar-refractivity contribution >= 4 is 11.9 Å². The summed E-state index contributed by atoms with van der Waals surface area (Å²) in [5, 5.41) is 0. The summed E-state index contributed by atoms with van der Waals surface area (Å²) < 4.78 is 9.87. The number of hydrogen-bond acceptors (Lipinski definition) is 4. The maximum Gasteiger partial charge on any atom is 0.305 e. The molecule has 100 valence electrons. The van der Waals surface area contributed by atoms with E-state index in [0.29, 0.717) is 25.6 Å². The van der Waals surface area contributed by atoms with Crippen LogP contribution in [0.3, 0.4) is 0 Å². The Morgan fingerprint density at radius 2 is 1.65 bits per heavy atom. The predicted octanol–water partition coefficient (Wildman–Crippen LogP) is 2.70. The van der Waals surface area contributed by atoms with E-state index >= 15 is 0 Å². The Morgan fingerprint density at radius 3 is 2.18 bits per heavy atom. The Bertz CT molecular complexity index is 225. The highest BCUT2D eigenvalue weighted by Gasteiger charge is 2.08. The van der Waals surface area contributed by atoms with Crippen LogP contribution in [0.4, 0.5) is 0 Å². The number of esters is 2. The van der Waals surface area contributed by atoms with Gasteiger partial charge in [0, 0.05) is 12.8 Å². The van der Waals surface area contributed by atoms with E-state index in [0.717, 1.165) is 12.8 Å². The molecule has 0 aliphatic carbocycles. The van der Waals surface area contributed by atoms with Gasteiger partial charge in [-0.25, -0.2) is 0 Å². The van der Waals surface area contributed by atoms with Gasteiger partial charge in [0.2, 0.25) is 0 Å². The van der Waals surface area contributed by atoms with Crippen molar-refractivity contribution in [2.75, 3.05) is 13.2 Å². The van der Waals surface area contributed by atoms with Gasteiger partial charge in [-0.15, -0.1) is 0 Å². The smallest absolute Gasteiger partial charge is 0.305 e. The molecule has 0 heterocycles. The van der Waals surface area contributed by atoms with Crippen molar-refractivity contribution in [1.29, 1.82) is 0 Å². The summed E-state index contributed by atoms with van der Waals surface area (Å²) >= 11 is 0. The first kappa shape index (κ1) is 15.9. The fourth-order valence-corrected chi connectivity index (χ4v) is 1.49. The molecule has 0 amide bonds. The van der Waals surface area contributed by atoms with Crippen LogP contribution in [-0.4, -0.2) is 25.2 Å². The standard InChI is InChI=1S/C13H24O4/c1-4-7-11(3)10-17-13(15)9-6-8-12(14)16-5-2/h11H,4-10H2,1-3H3. The van der Waals surface area contributed by atoms with E-state index in [2.05, 4.69) is 13.8 Å². The summed E-state index contributed by atoms with van der Waals surface area (Å²) in [6.07, 6.45) is 3.24. The quantitative estimate of drug-likeness (QED) is 0.585. The topological polar surface area (TPSA) is 52.6 Å². The van der Waals surface area contributed by atoms with Gasteiger partial charge in [-0.05, 0) is 25.7 Å². The van der Waals surface area contributed by atoms with Crippen molar-refractivity contribution < 1.29 is 19.1 Å². The molecule has 0 aliphatic rings. The SMILES string of the molecule is CCCC(C)COC(=O)CCCC(=O)OCC. The number of ether oxygens (including phenoxy) is 2. The molecule has 0 saturated carbocycles. The Hall–Kier alpha value is -1.06. The van der Waals surface area contributed by atoms with Gasteiger partial charge >= 0.3 is 11.9 Å². The second kappa shape index (κ2) is 10.1. The summed E-state index contributed by atoms with van der Waals surface area (Å²) in [6.45, 7) is 6.80. The van der Waals surface area contributed by atoms with Crippen LogP contribution in [0.15, 0.2) is 0 Å². The van der Waals surface area contributed by atoms with Crippen molar-refractivity contribution in [3.63, 3.8) is 0 Å². The molecule has 17 heavy (non-hydrogen) atoms. The van der Waals surface area contributed by atoms with Gasteiger partial charge in [0.15, 0.2) is 0 Å². The first-order valence-corrected chi connectivity index (χ1v) is 6.41. The minimum atomic E-state index is -0.250. The third kappa shape index (κ3) is 9.85. The van der Waals surface area contributed by atoms with Crippen molar-refractivity contribution in [2.45, 2.75) is 52.9 Å². The molecular weight excluding hydrogens is 220 g/mol. The molecule has 0 aromatic rings. The Balaban J connectivity index is 3.49. The fourth-order valence-electron chi connectivity index (χ4n) is 1.49. The maximum atomic E-state index is 11.3. The minimum Gasteiger partial charge on any atom is -0.466 e. The molecule has 4 heteroatoms. The molecule has 1 unspecified atom stereocenters. The molecule has 0 aromatic carbocycles. The molecule has 0 saturated heterocycles. The van der Waals surface area contributed by atoms with Crippen LogP contribution in [0.5, 0.6) is 0 Å². The lowest BCUT2D eigenvalue weighted by Crippen LogP contribution is -2.12. The largest absolute Gasteiger partial charge is 0.466 e. The zero-order valence-electron chi connectivity index (χ0n) is 11.2. The van der Waals surface area contributed by atoms with E-state index in [1.807, 2.05) is 0 Å². The van der Waals surface area contributed by atoms with Gasteiger partial charge in [0.1, 0.15) is 0 Å². The second-order valence-electron chi connectivity index (χ2n) is 4.24. The van der Waals surface area contributed by atoms with Gasteiger partial charge < -0.3 is 9.47 Å². The van der Waals surface area contributed by atoms with Crippen LogP contribution in [0.1, 0.15) is 52.9 Å². The molecule has 0 aliphatic heterocycles. The van der Waals surface area contributed by atoms with E-state index in [1.165, 1.54) is 0 Å². The summed E-state index contributed by atoms with van der Waals surface area (Å²) in [4.78, 5) is 22.3. The highest BCUT2D eigenvalue weighted by molar-refractivity contribution is 5.72. The third-order valence-electron chi connectivity index (χ3n) is 2.38. The lowest BCUT2D eigenvalue weighted by Gasteiger charge is -2.10. The van der Waals surface area contributed by atoms with Crippen LogP contribution < -0.4 is 0 Å². The molecule has 0 N–H and O–H groups in total. The van der Waals surface area contributed by atoms with Gasteiger partial charge in [-0.3, -0.25) is 9.59 Å². The normalized spacial score (nSPS) is 11.9. The highest BCUT2D eigenvalue weighted by Crippen LogP contribution is 2.07. The Labute approximate surface area is 104 Å². The number of rotatable bonds is 9. The van der Waals surface area contributed by atoms with Crippen LogP contribution in [0.2, 0.25) is 0 Å². The summed E-state index contributed by atoms with van der Waals surface area (Å²) in [7, 11) is 0. The molecular formula is C13H24O4. The summed E-state index contributed by atoms with van der Waals surface area (Å²) in [6, 6.07) is 0. The number of hydrogen-bond donors (Lipinski definition) is 0. The van der Waals surface area contributed by atoms with Crippen molar-refractivity contribution in [1.82, 2.24) is 0 Å². The van der Waals surface area contributed by atoms with E-state index in [-0.39, 0.29) is 24.8 Å². The Kier molecular flexibility index (Phi) is 9.49. The van der Waals surface area contributed by atoms with Gasteiger partial charge in [-0.2, -0.15) is 0 Å². The zero-order valence-corrected chi connectivity index (χ0v) is 11.2. The first-order chi connectivity index (χ1) is 8.10. The van der Waals surface area contributed by atoms with Crippen LogP contribution in [0.25, 0.3) is 0 Å². The maximum absolute atomic E-state index is 11.3. The van der Waals surface area contributed by atoms with Crippen molar-refractivity contribution in [3.8, 4) is 0 Å². The molecule has 1 atom stereocenters. The van der Waals surface area contributed by atoms with E-state index in [4.69, 9.17) is 9.47 Å².